The molecule has 0 saturated carbocycles. The Labute approximate surface area is 75.6 Å². The van der Waals surface area contributed by atoms with Gasteiger partial charge in [0.25, 0.3) is 0 Å². The molecule has 0 radical (unpaired) electrons. The van der Waals surface area contributed by atoms with Gasteiger partial charge in [-0.2, -0.15) is 0 Å². The highest BCUT2D eigenvalue weighted by atomic mass is 16.7. The van der Waals surface area contributed by atoms with E-state index in [0.29, 0.717) is 0 Å². The fraction of sp³-hybridized carbons (Fsp3) is 0.800. The Morgan fingerprint density at radius 1 is 1.08 bits per heavy atom. The van der Waals surface area contributed by atoms with E-state index >= 15 is 0 Å². The molecule has 0 saturated heterocycles. The number of ether oxygens (including phenoxy) is 2. The first kappa shape index (κ1) is 11.7. The molecule has 2 heteroatoms. The summed E-state index contributed by atoms with van der Waals surface area (Å²) >= 11 is 0. The first-order chi connectivity index (χ1) is 5.65. The predicted molar refractivity (Wildman–Crippen MR) is 51.1 cm³/mol. The molecule has 0 bridgehead atoms. The summed E-state index contributed by atoms with van der Waals surface area (Å²) in [6, 6.07) is 0. The van der Waals surface area contributed by atoms with E-state index < -0.39 is 0 Å². The predicted octanol–water partition coefficient (Wildman–Crippen LogP) is 2.74. The first-order valence-electron chi connectivity index (χ1n) is 4.36. The standard InChI is InChI=1S/C10H20O2/c1-6-8(2)9(3)7-10(11-4)12-5/h10H,6-7H2,1-5H3/b9-8+. The van der Waals surface area contributed by atoms with E-state index in [-0.39, 0.29) is 6.29 Å². The highest BCUT2D eigenvalue weighted by Crippen LogP contribution is 2.14. The lowest BCUT2D eigenvalue weighted by Crippen LogP contribution is -2.13. The second-order valence-corrected chi connectivity index (χ2v) is 3.02. The third kappa shape index (κ3) is 3.88. The Bertz CT molecular complexity index is 146. The van der Waals surface area contributed by atoms with Crippen molar-refractivity contribution in [2.24, 2.45) is 0 Å². The molecule has 0 aliphatic heterocycles. The molecular weight excluding hydrogens is 152 g/mol. The minimum absolute atomic E-state index is 0.0912. The zero-order chi connectivity index (χ0) is 9.56. The fourth-order valence-electron chi connectivity index (χ4n) is 0.989. The minimum Gasteiger partial charge on any atom is -0.356 e. The normalized spacial score (nSPS) is 13.5. The van der Waals surface area contributed by atoms with Gasteiger partial charge in [-0.25, -0.2) is 0 Å². The SMILES string of the molecule is CC/C(C)=C(\C)CC(OC)OC. The van der Waals surface area contributed by atoms with E-state index in [2.05, 4.69) is 20.8 Å². The van der Waals surface area contributed by atoms with Gasteiger partial charge in [-0.3, -0.25) is 0 Å². The molecule has 0 N–H and O–H groups in total. The van der Waals surface area contributed by atoms with E-state index in [1.54, 1.807) is 14.2 Å². The minimum atomic E-state index is -0.0912. The zero-order valence-corrected chi connectivity index (χ0v) is 8.81. The quantitative estimate of drug-likeness (QED) is 0.469. The number of hydrogen-bond donors (Lipinski definition) is 0. The van der Waals surface area contributed by atoms with Crippen molar-refractivity contribution in [3.63, 3.8) is 0 Å². The number of hydrogen-bond acceptors (Lipinski definition) is 2. The molecule has 72 valence electrons. The van der Waals surface area contributed by atoms with E-state index in [4.69, 9.17) is 9.47 Å². The number of methoxy groups -OCH3 is 2. The molecule has 0 aromatic rings. The van der Waals surface area contributed by atoms with Crippen molar-refractivity contribution in [3.05, 3.63) is 11.1 Å². The molecule has 0 rings (SSSR count). The highest BCUT2D eigenvalue weighted by molar-refractivity contribution is 5.09. The lowest BCUT2D eigenvalue weighted by molar-refractivity contribution is -0.100. The molecule has 0 aromatic carbocycles. The van der Waals surface area contributed by atoms with Gasteiger partial charge in [0.05, 0.1) is 0 Å². The van der Waals surface area contributed by atoms with Gasteiger partial charge < -0.3 is 9.47 Å². The van der Waals surface area contributed by atoms with Crippen LogP contribution in [0.4, 0.5) is 0 Å². The smallest absolute Gasteiger partial charge is 0.160 e. The Balaban J connectivity index is 4.05. The van der Waals surface area contributed by atoms with Crippen LogP contribution >= 0.6 is 0 Å². The number of rotatable bonds is 5. The molecule has 0 heterocycles. The van der Waals surface area contributed by atoms with Gasteiger partial charge in [-0.1, -0.05) is 18.1 Å². The van der Waals surface area contributed by atoms with Crippen LogP contribution < -0.4 is 0 Å². The third-order valence-corrected chi connectivity index (χ3v) is 2.26. The first-order valence-corrected chi connectivity index (χ1v) is 4.36. The van der Waals surface area contributed by atoms with Crippen LogP contribution in [0.5, 0.6) is 0 Å². The monoisotopic (exact) mass is 172 g/mol. The maximum Gasteiger partial charge on any atom is 0.160 e. The summed E-state index contributed by atoms with van der Waals surface area (Å²) in [5, 5.41) is 0. The molecule has 2 nitrogen and oxygen atoms in total. The summed E-state index contributed by atoms with van der Waals surface area (Å²) in [7, 11) is 3.34. The maximum absolute atomic E-state index is 5.11. The summed E-state index contributed by atoms with van der Waals surface area (Å²) in [6.45, 7) is 6.44. The van der Waals surface area contributed by atoms with Gasteiger partial charge in [0.15, 0.2) is 6.29 Å². The van der Waals surface area contributed by atoms with Crippen molar-refractivity contribution in [2.45, 2.75) is 39.9 Å². The Hall–Kier alpha value is -0.340. The molecule has 0 aromatic heterocycles. The average Bonchev–Trinajstić information content (AvgIpc) is 2.12. The second kappa shape index (κ2) is 6.21. The van der Waals surface area contributed by atoms with Crippen molar-refractivity contribution in [1.29, 1.82) is 0 Å². The molecule has 0 unspecified atom stereocenters. The number of allylic oxidation sites excluding steroid dienone is 1. The van der Waals surface area contributed by atoms with E-state index in [0.717, 1.165) is 12.8 Å². The third-order valence-electron chi connectivity index (χ3n) is 2.26. The summed E-state index contributed by atoms with van der Waals surface area (Å²) in [4.78, 5) is 0. The summed E-state index contributed by atoms with van der Waals surface area (Å²) in [6.07, 6.45) is 1.88. The van der Waals surface area contributed by atoms with Gasteiger partial charge >= 0.3 is 0 Å². The van der Waals surface area contributed by atoms with E-state index in [1.807, 2.05) is 0 Å². The van der Waals surface area contributed by atoms with Crippen molar-refractivity contribution in [1.82, 2.24) is 0 Å². The molecule has 0 aliphatic rings. The van der Waals surface area contributed by atoms with E-state index in [9.17, 15) is 0 Å². The van der Waals surface area contributed by atoms with Crippen LogP contribution in [0, 0.1) is 0 Å². The van der Waals surface area contributed by atoms with Crippen molar-refractivity contribution < 1.29 is 9.47 Å². The van der Waals surface area contributed by atoms with Crippen molar-refractivity contribution >= 4 is 0 Å². The van der Waals surface area contributed by atoms with Crippen LogP contribution in [0.25, 0.3) is 0 Å². The molecule has 0 atom stereocenters. The molecule has 0 spiro atoms. The van der Waals surface area contributed by atoms with Crippen LogP contribution in [-0.2, 0) is 9.47 Å². The fourth-order valence-corrected chi connectivity index (χ4v) is 0.989. The molecule has 0 fully saturated rings. The molecule has 0 aliphatic carbocycles. The van der Waals surface area contributed by atoms with Crippen LogP contribution in [0.1, 0.15) is 33.6 Å². The van der Waals surface area contributed by atoms with Crippen molar-refractivity contribution in [3.8, 4) is 0 Å². The summed E-state index contributed by atoms with van der Waals surface area (Å²) < 4.78 is 10.2. The highest BCUT2D eigenvalue weighted by Gasteiger charge is 2.06. The molecule has 12 heavy (non-hydrogen) atoms. The second-order valence-electron chi connectivity index (χ2n) is 3.02. The molecule has 0 amide bonds. The van der Waals surface area contributed by atoms with Gasteiger partial charge in [-0.15, -0.1) is 0 Å². The van der Waals surface area contributed by atoms with Crippen molar-refractivity contribution in [2.75, 3.05) is 14.2 Å². The van der Waals surface area contributed by atoms with Crippen LogP contribution in [0.3, 0.4) is 0 Å². The van der Waals surface area contributed by atoms with Gasteiger partial charge in [-0.05, 0) is 20.3 Å². The lowest BCUT2D eigenvalue weighted by atomic mass is 10.1. The Morgan fingerprint density at radius 2 is 1.58 bits per heavy atom. The van der Waals surface area contributed by atoms with Gasteiger partial charge in [0.2, 0.25) is 0 Å². The van der Waals surface area contributed by atoms with Crippen LogP contribution in [0.15, 0.2) is 11.1 Å². The average molecular weight is 172 g/mol. The van der Waals surface area contributed by atoms with E-state index in [1.165, 1.54) is 11.1 Å². The Morgan fingerprint density at radius 3 is 1.92 bits per heavy atom. The van der Waals surface area contributed by atoms with Gasteiger partial charge in [0.1, 0.15) is 0 Å². The zero-order valence-electron chi connectivity index (χ0n) is 8.81. The van der Waals surface area contributed by atoms with Crippen LogP contribution in [0.2, 0.25) is 0 Å². The topological polar surface area (TPSA) is 18.5 Å². The Kier molecular flexibility index (Phi) is 6.03. The lowest BCUT2D eigenvalue weighted by Gasteiger charge is -2.14. The summed E-state index contributed by atoms with van der Waals surface area (Å²) in [5.41, 5.74) is 2.79. The van der Waals surface area contributed by atoms with Crippen LogP contribution in [-0.4, -0.2) is 20.5 Å². The maximum atomic E-state index is 5.11. The summed E-state index contributed by atoms with van der Waals surface area (Å²) in [5.74, 6) is 0. The van der Waals surface area contributed by atoms with Gasteiger partial charge in [0, 0.05) is 20.6 Å². The largest absolute Gasteiger partial charge is 0.356 e. The molecular formula is C10H20O2.